The summed E-state index contributed by atoms with van der Waals surface area (Å²) in [5.74, 6) is 1.72. The van der Waals surface area contributed by atoms with Crippen molar-refractivity contribution in [3.05, 3.63) is 65.3 Å². The maximum absolute atomic E-state index is 11.3. The molecule has 1 fully saturated rings. The summed E-state index contributed by atoms with van der Waals surface area (Å²) >= 11 is 8.06. The van der Waals surface area contributed by atoms with Crippen LogP contribution in [0, 0.1) is 11.8 Å². The van der Waals surface area contributed by atoms with E-state index < -0.39 is 12.1 Å². The van der Waals surface area contributed by atoms with Gasteiger partial charge in [0.15, 0.2) is 0 Å². The van der Waals surface area contributed by atoms with E-state index in [2.05, 4.69) is 16.0 Å². The van der Waals surface area contributed by atoms with E-state index in [1.165, 1.54) is 0 Å². The number of nitrogens with zero attached hydrogens (tertiary/aromatic N) is 2. The largest absolute Gasteiger partial charge is 0.497 e. The smallest absolute Gasteiger partial charge is 0.303 e. The van der Waals surface area contributed by atoms with Crippen molar-refractivity contribution in [3.8, 4) is 5.75 Å². The summed E-state index contributed by atoms with van der Waals surface area (Å²) in [4.78, 5) is 19.4. The van der Waals surface area contributed by atoms with Gasteiger partial charge in [0.05, 0.1) is 23.8 Å². The van der Waals surface area contributed by atoms with Crippen molar-refractivity contribution in [3.63, 3.8) is 0 Å². The van der Waals surface area contributed by atoms with E-state index in [0.29, 0.717) is 24.7 Å². The van der Waals surface area contributed by atoms with Crippen LogP contribution in [0.15, 0.2) is 59.6 Å². The zero-order valence-electron chi connectivity index (χ0n) is 21.9. The molecule has 4 rings (SSSR count). The third kappa shape index (κ3) is 7.85. The van der Waals surface area contributed by atoms with Crippen molar-refractivity contribution in [1.29, 1.82) is 0 Å². The average molecular weight is 557 g/mol. The highest BCUT2D eigenvalue weighted by Gasteiger charge is 2.30. The Balaban J connectivity index is 1.32. The SMILES string of the molecule is COc1ccc2nccc([C@H](O)CC[C@@H]3CCN(CCCSc4ccccc4Cl)C[C@H]3CCC(=O)O)c2c1. The van der Waals surface area contributed by atoms with Gasteiger partial charge in [-0.2, -0.15) is 0 Å². The molecular weight excluding hydrogens is 520 g/mol. The zero-order valence-corrected chi connectivity index (χ0v) is 23.5. The molecule has 3 atom stereocenters. The van der Waals surface area contributed by atoms with Gasteiger partial charge in [0.25, 0.3) is 0 Å². The maximum Gasteiger partial charge on any atom is 0.303 e. The summed E-state index contributed by atoms with van der Waals surface area (Å²) in [5, 5.41) is 22.2. The lowest BCUT2D eigenvalue weighted by Gasteiger charge is -2.39. The van der Waals surface area contributed by atoms with Gasteiger partial charge in [-0.15, -0.1) is 11.8 Å². The van der Waals surface area contributed by atoms with E-state index in [1.807, 2.05) is 42.5 Å². The Bertz CT molecular complexity index is 1210. The van der Waals surface area contributed by atoms with Crippen LogP contribution in [-0.4, -0.2) is 58.6 Å². The minimum atomic E-state index is -0.741. The maximum atomic E-state index is 11.3. The molecule has 1 aliphatic rings. The van der Waals surface area contributed by atoms with E-state index >= 15 is 0 Å². The number of halogens is 1. The molecule has 38 heavy (non-hydrogen) atoms. The molecule has 0 bridgehead atoms. The van der Waals surface area contributed by atoms with E-state index in [4.69, 9.17) is 16.3 Å². The molecular formula is C30H37ClN2O4S. The molecule has 204 valence electrons. The van der Waals surface area contributed by atoms with Crippen molar-refractivity contribution in [1.82, 2.24) is 9.88 Å². The molecule has 3 aromatic rings. The number of carboxylic acids is 1. The molecule has 0 saturated carbocycles. The average Bonchev–Trinajstić information content (AvgIpc) is 2.93. The van der Waals surface area contributed by atoms with Crippen LogP contribution in [0.5, 0.6) is 5.75 Å². The van der Waals surface area contributed by atoms with Crippen molar-refractivity contribution < 1.29 is 19.7 Å². The quantitative estimate of drug-likeness (QED) is 0.179. The molecule has 0 radical (unpaired) electrons. The standard InChI is InChI=1S/C30H37ClN2O4S/c1-37-23-9-10-27-25(19-23)24(13-15-32-27)28(34)11-7-21-14-17-33(20-22(21)8-12-30(35)36)16-4-18-38-29-6-3-2-5-26(29)31/h2-3,5-6,9-10,13,15,19,21-22,28,34H,4,7-8,11-12,14,16-18,20H2,1H3,(H,35,36)/t21-,22-,28-/m1/s1. The predicted octanol–water partition coefficient (Wildman–Crippen LogP) is 6.70. The van der Waals surface area contributed by atoms with Crippen LogP contribution in [0.3, 0.4) is 0 Å². The fourth-order valence-electron chi connectivity index (χ4n) is 5.50. The second-order valence-corrected chi connectivity index (χ2v) is 11.6. The number of hydrogen-bond donors (Lipinski definition) is 2. The van der Waals surface area contributed by atoms with E-state index in [9.17, 15) is 15.0 Å². The summed E-state index contributed by atoms with van der Waals surface area (Å²) in [6.45, 7) is 2.93. The zero-order chi connectivity index (χ0) is 26.9. The van der Waals surface area contributed by atoms with Gasteiger partial charge in [-0.3, -0.25) is 9.78 Å². The van der Waals surface area contributed by atoms with Crippen LogP contribution in [-0.2, 0) is 4.79 Å². The topological polar surface area (TPSA) is 82.9 Å². The number of ether oxygens (including phenoxy) is 1. The third-order valence-electron chi connectivity index (χ3n) is 7.57. The number of hydrogen-bond acceptors (Lipinski definition) is 6. The Hall–Kier alpha value is -2.32. The number of benzene rings is 2. The van der Waals surface area contributed by atoms with Crippen molar-refractivity contribution in [2.75, 3.05) is 32.5 Å². The summed E-state index contributed by atoms with van der Waals surface area (Å²) in [6, 6.07) is 15.5. The van der Waals surface area contributed by atoms with Crippen LogP contribution < -0.4 is 4.74 Å². The Morgan fingerprint density at radius 3 is 2.84 bits per heavy atom. The number of likely N-dealkylation sites (tertiary alicyclic amines) is 1. The number of aliphatic hydroxyl groups excluding tert-OH is 1. The summed E-state index contributed by atoms with van der Waals surface area (Å²) < 4.78 is 5.38. The first kappa shape index (κ1) is 28.7. The van der Waals surface area contributed by atoms with E-state index in [1.54, 1.807) is 25.1 Å². The van der Waals surface area contributed by atoms with Crippen LogP contribution >= 0.6 is 23.4 Å². The number of rotatable bonds is 13. The number of pyridine rings is 1. The van der Waals surface area contributed by atoms with Crippen molar-refractivity contribution in [2.24, 2.45) is 11.8 Å². The Morgan fingerprint density at radius 2 is 2.05 bits per heavy atom. The normalized spacial score (nSPS) is 18.9. The lowest BCUT2D eigenvalue weighted by molar-refractivity contribution is -0.137. The monoisotopic (exact) mass is 556 g/mol. The van der Waals surface area contributed by atoms with Crippen LogP contribution in [0.1, 0.15) is 50.2 Å². The second-order valence-electron chi connectivity index (χ2n) is 10.1. The minimum Gasteiger partial charge on any atom is -0.497 e. The van der Waals surface area contributed by atoms with Gasteiger partial charge in [-0.25, -0.2) is 0 Å². The Morgan fingerprint density at radius 1 is 1.21 bits per heavy atom. The molecule has 0 spiro atoms. The van der Waals surface area contributed by atoms with E-state index in [-0.39, 0.29) is 6.42 Å². The second kappa shape index (κ2) is 14.2. The number of aliphatic carboxylic acids is 1. The van der Waals surface area contributed by atoms with Crippen LogP contribution in [0.4, 0.5) is 0 Å². The van der Waals surface area contributed by atoms with Crippen molar-refractivity contribution in [2.45, 2.75) is 49.5 Å². The highest BCUT2D eigenvalue weighted by Crippen LogP contribution is 2.35. The molecule has 0 unspecified atom stereocenters. The summed E-state index contributed by atoms with van der Waals surface area (Å²) in [5.41, 5.74) is 1.70. The van der Waals surface area contributed by atoms with Crippen molar-refractivity contribution >= 4 is 40.2 Å². The molecule has 2 aromatic carbocycles. The van der Waals surface area contributed by atoms with Crippen LogP contribution in [0.25, 0.3) is 10.9 Å². The molecule has 2 heterocycles. The lowest BCUT2D eigenvalue weighted by atomic mass is 9.79. The number of aromatic nitrogens is 1. The Labute approximate surface area is 234 Å². The van der Waals surface area contributed by atoms with Gasteiger partial charge in [0, 0.05) is 29.4 Å². The minimum absolute atomic E-state index is 0.189. The lowest BCUT2D eigenvalue weighted by Crippen LogP contribution is -2.41. The molecule has 0 aliphatic carbocycles. The van der Waals surface area contributed by atoms with Gasteiger partial charge in [0.2, 0.25) is 0 Å². The first-order valence-corrected chi connectivity index (χ1v) is 14.7. The highest BCUT2D eigenvalue weighted by molar-refractivity contribution is 7.99. The highest BCUT2D eigenvalue weighted by atomic mass is 35.5. The number of piperidine rings is 1. The number of thioether (sulfide) groups is 1. The number of methoxy groups -OCH3 is 1. The summed E-state index contributed by atoms with van der Waals surface area (Å²) in [6.07, 6.45) is 5.60. The molecule has 1 aromatic heterocycles. The van der Waals surface area contributed by atoms with Gasteiger partial charge in [-0.1, -0.05) is 23.7 Å². The third-order valence-corrected chi connectivity index (χ3v) is 9.17. The number of fused-ring (bicyclic) bond motifs is 1. The van der Waals surface area contributed by atoms with Gasteiger partial charge < -0.3 is 19.8 Å². The molecule has 1 saturated heterocycles. The fraction of sp³-hybridized carbons (Fsp3) is 0.467. The van der Waals surface area contributed by atoms with Gasteiger partial charge in [0.1, 0.15) is 5.75 Å². The molecule has 6 nitrogen and oxygen atoms in total. The molecule has 8 heteroatoms. The number of carbonyl (C=O) groups is 1. The fourth-order valence-corrected chi connectivity index (χ4v) is 6.67. The van der Waals surface area contributed by atoms with Gasteiger partial charge in [-0.05, 0) is 105 Å². The predicted molar refractivity (Wildman–Crippen MR) is 154 cm³/mol. The first-order valence-electron chi connectivity index (χ1n) is 13.4. The van der Waals surface area contributed by atoms with E-state index in [0.717, 1.165) is 76.8 Å². The summed E-state index contributed by atoms with van der Waals surface area (Å²) in [7, 11) is 1.63. The molecule has 2 N–H and O–H groups in total. The van der Waals surface area contributed by atoms with Gasteiger partial charge >= 0.3 is 5.97 Å². The first-order chi connectivity index (χ1) is 18.4. The van der Waals surface area contributed by atoms with Crippen LogP contribution in [0.2, 0.25) is 5.02 Å². The molecule has 0 amide bonds. The number of carboxylic acid groups (broad SMARTS) is 1. The molecule has 1 aliphatic heterocycles. The Kier molecular flexibility index (Phi) is 10.7. The number of aliphatic hydroxyl groups is 1.